The first kappa shape index (κ1) is 20.2. The second-order valence-electron chi connectivity index (χ2n) is 7.78. The lowest BCUT2D eigenvalue weighted by molar-refractivity contribution is 0.0746. The lowest BCUT2D eigenvalue weighted by atomic mass is 10.0. The third-order valence-corrected chi connectivity index (χ3v) is 5.49. The predicted molar refractivity (Wildman–Crippen MR) is 113 cm³/mol. The van der Waals surface area contributed by atoms with E-state index in [4.69, 9.17) is 0 Å². The van der Waals surface area contributed by atoms with E-state index in [-0.39, 0.29) is 5.91 Å². The monoisotopic (exact) mass is 410 g/mol. The second-order valence-corrected chi connectivity index (χ2v) is 7.78. The number of piperazine rings is 1. The molecule has 30 heavy (non-hydrogen) atoms. The highest BCUT2D eigenvalue weighted by Gasteiger charge is 2.25. The van der Waals surface area contributed by atoms with Crippen LogP contribution in [-0.4, -0.2) is 47.0 Å². The highest BCUT2D eigenvalue weighted by Crippen LogP contribution is 2.28. The molecular formula is C23H24F2N4O. The Morgan fingerprint density at radius 1 is 0.933 bits per heavy atom. The highest BCUT2D eigenvalue weighted by atomic mass is 19.3. The van der Waals surface area contributed by atoms with Crippen LogP contribution in [0.15, 0.2) is 48.5 Å². The van der Waals surface area contributed by atoms with Gasteiger partial charge < -0.3 is 9.80 Å². The minimum Gasteiger partial charge on any atom is -0.352 e. The zero-order valence-electron chi connectivity index (χ0n) is 17.1. The zero-order chi connectivity index (χ0) is 21.3. The van der Waals surface area contributed by atoms with Gasteiger partial charge in [-0.1, -0.05) is 38.1 Å². The van der Waals surface area contributed by atoms with Crippen molar-refractivity contribution in [2.75, 3.05) is 31.1 Å². The maximum Gasteiger partial charge on any atom is 0.297 e. The fourth-order valence-corrected chi connectivity index (χ4v) is 3.73. The minimum absolute atomic E-state index is 0.00855. The maximum absolute atomic E-state index is 13.3. The van der Waals surface area contributed by atoms with Crippen LogP contribution >= 0.6 is 0 Å². The van der Waals surface area contributed by atoms with Crippen molar-refractivity contribution in [1.82, 2.24) is 14.9 Å². The van der Waals surface area contributed by atoms with Crippen molar-refractivity contribution in [3.8, 4) is 0 Å². The molecule has 1 aromatic heterocycles. The molecule has 7 heteroatoms. The summed E-state index contributed by atoms with van der Waals surface area (Å²) in [6.07, 6.45) is -2.73. The van der Waals surface area contributed by atoms with Crippen molar-refractivity contribution < 1.29 is 13.6 Å². The number of anilines is 1. The van der Waals surface area contributed by atoms with Crippen LogP contribution < -0.4 is 4.90 Å². The van der Waals surface area contributed by atoms with E-state index in [0.717, 1.165) is 5.39 Å². The van der Waals surface area contributed by atoms with Gasteiger partial charge in [0.1, 0.15) is 5.82 Å². The standard InChI is InChI=1S/C23H24F2N4O/c1-15(2)16-7-9-17(10-8-16)23(30)29-13-11-28(12-14-29)22-18-5-3-4-6-19(18)26-21(27-22)20(24)25/h3-10,15,20H,11-14H2,1-2H3. The first-order valence-electron chi connectivity index (χ1n) is 10.1. The summed E-state index contributed by atoms with van der Waals surface area (Å²) in [7, 11) is 0. The van der Waals surface area contributed by atoms with Gasteiger partial charge in [0.05, 0.1) is 5.52 Å². The molecule has 0 saturated carbocycles. The van der Waals surface area contributed by atoms with Gasteiger partial charge in [-0.25, -0.2) is 18.7 Å². The van der Waals surface area contributed by atoms with Crippen molar-refractivity contribution in [3.63, 3.8) is 0 Å². The molecule has 0 N–H and O–H groups in total. The summed E-state index contributed by atoms with van der Waals surface area (Å²) >= 11 is 0. The number of halogens is 2. The van der Waals surface area contributed by atoms with Crippen LogP contribution in [0.5, 0.6) is 0 Å². The summed E-state index contributed by atoms with van der Waals surface area (Å²) in [6, 6.07) is 14.9. The van der Waals surface area contributed by atoms with Gasteiger partial charge in [0, 0.05) is 37.1 Å². The number of alkyl halides is 2. The lowest BCUT2D eigenvalue weighted by Gasteiger charge is -2.36. The minimum atomic E-state index is -2.73. The van der Waals surface area contributed by atoms with Crippen molar-refractivity contribution in [3.05, 3.63) is 65.5 Å². The molecule has 0 bridgehead atoms. The summed E-state index contributed by atoms with van der Waals surface area (Å²) in [4.78, 5) is 24.7. The van der Waals surface area contributed by atoms with E-state index in [0.29, 0.717) is 49.0 Å². The van der Waals surface area contributed by atoms with Gasteiger partial charge in [-0.2, -0.15) is 0 Å². The Morgan fingerprint density at radius 3 is 2.23 bits per heavy atom. The SMILES string of the molecule is CC(C)c1ccc(C(=O)N2CCN(c3nc(C(F)F)nc4ccccc34)CC2)cc1. The average Bonchev–Trinajstić information content (AvgIpc) is 2.78. The third kappa shape index (κ3) is 3.97. The number of aromatic nitrogens is 2. The molecule has 1 aliphatic rings. The predicted octanol–water partition coefficient (Wildman–Crippen LogP) is 4.65. The Balaban J connectivity index is 1.51. The summed E-state index contributed by atoms with van der Waals surface area (Å²) in [5.74, 6) is 0.445. The Hall–Kier alpha value is -3.09. The molecule has 2 heterocycles. The molecular weight excluding hydrogens is 386 g/mol. The van der Waals surface area contributed by atoms with Gasteiger partial charge in [0.25, 0.3) is 12.3 Å². The number of carbonyl (C=O) groups excluding carboxylic acids is 1. The van der Waals surface area contributed by atoms with Gasteiger partial charge in [-0.05, 0) is 35.7 Å². The van der Waals surface area contributed by atoms with Crippen LogP contribution in [0.25, 0.3) is 10.9 Å². The van der Waals surface area contributed by atoms with Crippen molar-refractivity contribution in [2.24, 2.45) is 0 Å². The molecule has 5 nitrogen and oxygen atoms in total. The fraction of sp³-hybridized carbons (Fsp3) is 0.348. The van der Waals surface area contributed by atoms with Crippen LogP contribution in [-0.2, 0) is 0 Å². The average molecular weight is 410 g/mol. The Labute approximate surface area is 174 Å². The number of hydrogen-bond acceptors (Lipinski definition) is 4. The first-order chi connectivity index (χ1) is 14.4. The molecule has 1 aliphatic heterocycles. The van der Waals surface area contributed by atoms with Gasteiger partial charge in [-0.3, -0.25) is 4.79 Å². The molecule has 1 saturated heterocycles. The molecule has 4 rings (SSSR count). The van der Waals surface area contributed by atoms with Crippen LogP contribution in [0.2, 0.25) is 0 Å². The second kappa shape index (κ2) is 8.34. The number of para-hydroxylation sites is 1. The van der Waals surface area contributed by atoms with Gasteiger partial charge in [0.15, 0.2) is 5.82 Å². The van der Waals surface area contributed by atoms with E-state index in [1.807, 2.05) is 41.3 Å². The molecule has 0 radical (unpaired) electrons. The number of benzene rings is 2. The van der Waals surface area contributed by atoms with E-state index in [1.54, 1.807) is 17.0 Å². The summed E-state index contributed by atoms with van der Waals surface area (Å²) < 4.78 is 26.6. The molecule has 0 atom stereocenters. The Bertz CT molecular complexity index is 1040. The normalized spacial score (nSPS) is 14.7. The number of carbonyl (C=O) groups is 1. The molecule has 2 aromatic carbocycles. The van der Waals surface area contributed by atoms with Gasteiger partial charge in [0.2, 0.25) is 0 Å². The molecule has 1 amide bonds. The molecule has 0 spiro atoms. The van der Waals surface area contributed by atoms with E-state index >= 15 is 0 Å². The molecule has 1 fully saturated rings. The number of hydrogen-bond donors (Lipinski definition) is 0. The van der Waals surface area contributed by atoms with Crippen LogP contribution in [0.1, 0.15) is 47.9 Å². The molecule has 0 unspecified atom stereocenters. The third-order valence-electron chi connectivity index (χ3n) is 5.49. The topological polar surface area (TPSA) is 49.3 Å². The smallest absolute Gasteiger partial charge is 0.297 e. The highest BCUT2D eigenvalue weighted by molar-refractivity contribution is 5.94. The lowest BCUT2D eigenvalue weighted by Crippen LogP contribution is -2.49. The maximum atomic E-state index is 13.3. The van der Waals surface area contributed by atoms with Crippen molar-refractivity contribution in [1.29, 1.82) is 0 Å². The van der Waals surface area contributed by atoms with Crippen molar-refractivity contribution in [2.45, 2.75) is 26.2 Å². The van der Waals surface area contributed by atoms with Crippen LogP contribution in [0.3, 0.4) is 0 Å². The van der Waals surface area contributed by atoms with E-state index in [2.05, 4.69) is 23.8 Å². The van der Waals surface area contributed by atoms with Crippen LogP contribution in [0, 0.1) is 0 Å². The van der Waals surface area contributed by atoms with Gasteiger partial charge >= 0.3 is 0 Å². The number of nitrogens with zero attached hydrogens (tertiary/aromatic N) is 4. The van der Waals surface area contributed by atoms with E-state index in [1.165, 1.54) is 5.56 Å². The Morgan fingerprint density at radius 2 is 1.60 bits per heavy atom. The summed E-state index contributed by atoms with van der Waals surface area (Å²) in [6.45, 7) is 6.30. The van der Waals surface area contributed by atoms with E-state index in [9.17, 15) is 13.6 Å². The number of amides is 1. The number of fused-ring (bicyclic) bond motifs is 1. The fourth-order valence-electron chi connectivity index (χ4n) is 3.73. The Kier molecular flexibility index (Phi) is 5.61. The van der Waals surface area contributed by atoms with E-state index < -0.39 is 12.2 Å². The first-order valence-corrected chi connectivity index (χ1v) is 10.1. The molecule has 3 aromatic rings. The quantitative estimate of drug-likeness (QED) is 0.628. The number of rotatable bonds is 4. The zero-order valence-corrected chi connectivity index (χ0v) is 17.1. The molecule has 156 valence electrons. The summed E-state index contributed by atoms with van der Waals surface area (Å²) in [5, 5.41) is 0.742. The van der Waals surface area contributed by atoms with Crippen molar-refractivity contribution >= 4 is 22.6 Å². The van der Waals surface area contributed by atoms with Crippen LogP contribution in [0.4, 0.5) is 14.6 Å². The molecule has 0 aliphatic carbocycles. The van der Waals surface area contributed by atoms with Gasteiger partial charge in [-0.15, -0.1) is 0 Å². The summed E-state index contributed by atoms with van der Waals surface area (Å²) in [5.41, 5.74) is 2.36. The largest absolute Gasteiger partial charge is 0.352 e.